The summed E-state index contributed by atoms with van der Waals surface area (Å²) in [6.45, 7) is 4.94. The van der Waals surface area contributed by atoms with Gasteiger partial charge in [0.05, 0.1) is 24.6 Å². The van der Waals surface area contributed by atoms with Gasteiger partial charge in [-0.15, -0.1) is 0 Å². The lowest BCUT2D eigenvalue weighted by atomic mass is 10.1. The smallest absolute Gasteiger partial charge is 0.161 e. The first-order valence-corrected chi connectivity index (χ1v) is 11.2. The molecule has 0 bridgehead atoms. The second kappa shape index (κ2) is 8.27. The second-order valence-corrected chi connectivity index (χ2v) is 8.29. The minimum Gasteiger partial charge on any atom is -0.384 e. The monoisotopic (exact) mass is 452 g/mol. The average molecular weight is 453 g/mol. The molecule has 170 valence electrons. The number of anilines is 2. The Morgan fingerprint density at radius 1 is 0.912 bits per heavy atom. The fourth-order valence-corrected chi connectivity index (χ4v) is 4.31. The van der Waals surface area contributed by atoms with Crippen LogP contribution < -0.4 is 10.6 Å². The number of hydrogen-bond donors (Lipinski definition) is 1. The molecule has 5 aromatic rings. The van der Waals surface area contributed by atoms with Gasteiger partial charge >= 0.3 is 0 Å². The fraction of sp³-hybridized carbons (Fsp3) is 0.200. The molecule has 2 N–H and O–H groups in total. The van der Waals surface area contributed by atoms with Crippen LogP contribution in [0.25, 0.3) is 34.0 Å². The summed E-state index contributed by atoms with van der Waals surface area (Å²) in [6.07, 6.45) is 3.53. The molecule has 1 saturated heterocycles. The van der Waals surface area contributed by atoms with Crippen LogP contribution in [0.4, 0.5) is 11.6 Å². The number of nitrogens with zero attached hydrogens (tertiary/aromatic N) is 7. The van der Waals surface area contributed by atoms with E-state index in [1.54, 1.807) is 17.1 Å². The van der Waals surface area contributed by atoms with E-state index in [2.05, 4.69) is 28.9 Å². The minimum absolute atomic E-state index is 0.525. The van der Waals surface area contributed by atoms with E-state index in [-0.39, 0.29) is 0 Å². The predicted molar refractivity (Wildman–Crippen MR) is 131 cm³/mol. The van der Waals surface area contributed by atoms with E-state index in [9.17, 15) is 0 Å². The molecule has 34 heavy (non-hydrogen) atoms. The molecule has 1 aromatic carbocycles. The van der Waals surface area contributed by atoms with Crippen molar-refractivity contribution in [1.29, 1.82) is 0 Å². The molecule has 0 saturated carbocycles. The van der Waals surface area contributed by atoms with Crippen molar-refractivity contribution in [2.75, 3.05) is 36.9 Å². The third kappa shape index (κ3) is 3.56. The van der Waals surface area contributed by atoms with Crippen molar-refractivity contribution in [3.63, 3.8) is 0 Å². The van der Waals surface area contributed by atoms with Gasteiger partial charge in [-0.3, -0.25) is 4.98 Å². The second-order valence-electron chi connectivity index (χ2n) is 8.29. The predicted octanol–water partition coefficient (Wildman–Crippen LogP) is 3.37. The number of rotatable bonds is 4. The third-order valence-electron chi connectivity index (χ3n) is 6.08. The molecule has 6 rings (SSSR count). The van der Waals surface area contributed by atoms with Crippen LogP contribution in [0.5, 0.6) is 0 Å². The largest absolute Gasteiger partial charge is 0.384 e. The number of aryl methyl sites for hydroxylation is 1. The lowest BCUT2D eigenvalue weighted by molar-refractivity contribution is 0.122. The summed E-state index contributed by atoms with van der Waals surface area (Å²) < 4.78 is 9.15. The number of aromatic nitrogens is 6. The van der Waals surface area contributed by atoms with Gasteiger partial charge in [-0.05, 0) is 24.6 Å². The number of pyridine rings is 1. The molecule has 1 fully saturated rings. The summed E-state index contributed by atoms with van der Waals surface area (Å²) in [4.78, 5) is 11.3. The molecule has 0 spiro atoms. The van der Waals surface area contributed by atoms with E-state index in [4.69, 9.17) is 25.7 Å². The lowest BCUT2D eigenvalue weighted by Crippen LogP contribution is -2.37. The molecule has 1 aliphatic rings. The van der Waals surface area contributed by atoms with Crippen molar-refractivity contribution < 1.29 is 4.74 Å². The van der Waals surface area contributed by atoms with Gasteiger partial charge in [-0.2, -0.15) is 19.4 Å². The van der Waals surface area contributed by atoms with E-state index in [1.165, 1.54) is 0 Å². The molecular formula is C25H24N8O. The molecule has 5 heterocycles. The molecule has 9 heteroatoms. The number of morpholine rings is 1. The first kappa shape index (κ1) is 20.4. The van der Waals surface area contributed by atoms with Crippen molar-refractivity contribution >= 4 is 17.3 Å². The molecule has 0 unspecified atom stereocenters. The third-order valence-corrected chi connectivity index (χ3v) is 6.08. The van der Waals surface area contributed by atoms with E-state index in [0.29, 0.717) is 24.8 Å². The molecule has 9 nitrogen and oxygen atoms in total. The van der Waals surface area contributed by atoms with Gasteiger partial charge in [0.15, 0.2) is 11.5 Å². The van der Waals surface area contributed by atoms with E-state index >= 15 is 0 Å². The van der Waals surface area contributed by atoms with Gasteiger partial charge in [0.25, 0.3) is 0 Å². The van der Waals surface area contributed by atoms with Crippen LogP contribution in [0.3, 0.4) is 0 Å². The average Bonchev–Trinajstić information content (AvgIpc) is 3.48. The minimum atomic E-state index is 0.525. The maximum Gasteiger partial charge on any atom is 0.161 e. The first-order chi connectivity index (χ1) is 16.7. The summed E-state index contributed by atoms with van der Waals surface area (Å²) in [5, 5.41) is 9.68. The Hall–Kier alpha value is -4.24. The Kier molecular flexibility index (Phi) is 4.96. The fourth-order valence-electron chi connectivity index (χ4n) is 4.31. The molecule has 0 radical (unpaired) electrons. The van der Waals surface area contributed by atoms with Gasteiger partial charge in [-0.25, -0.2) is 4.98 Å². The van der Waals surface area contributed by atoms with Gasteiger partial charge in [0.1, 0.15) is 11.6 Å². The van der Waals surface area contributed by atoms with Crippen LogP contribution in [0.15, 0.2) is 67.0 Å². The quantitative estimate of drug-likeness (QED) is 0.446. The Labute approximate surface area is 196 Å². The van der Waals surface area contributed by atoms with Crippen molar-refractivity contribution in [2.24, 2.45) is 0 Å². The maximum absolute atomic E-state index is 6.43. The number of ether oxygens (including phenoxy) is 1. The van der Waals surface area contributed by atoms with Gasteiger partial charge in [0.2, 0.25) is 0 Å². The highest BCUT2D eigenvalue weighted by molar-refractivity contribution is 5.69. The van der Waals surface area contributed by atoms with Gasteiger partial charge in [-0.1, -0.05) is 24.3 Å². The standard InChI is InChI=1S/C25H24N8O/c1-17-4-2-3-5-19(17)21-14-22(26)32(30-21)24-16-25(31-10-12-34-13-11-31)33-23(28-24)15-20(29-33)18-6-8-27-9-7-18/h2-9,14-16H,10-13,26H2,1H3. The zero-order valence-electron chi connectivity index (χ0n) is 18.8. The molecular weight excluding hydrogens is 428 g/mol. The number of benzene rings is 1. The van der Waals surface area contributed by atoms with E-state index in [1.807, 2.05) is 47.0 Å². The Morgan fingerprint density at radius 3 is 2.50 bits per heavy atom. The Balaban J connectivity index is 1.51. The number of hydrogen-bond acceptors (Lipinski definition) is 7. The normalized spacial score (nSPS) is 14.1. The number of fused-ring (bicyclic) bond motifs is 1. The van der Waals surface area contributed by atoms with Gasteiger partial charge < -0.3 is 15.4 Å². The summed E-state index contributed by atoms with van der Waals surface area (Å²) in [7, 11) is 0. The number of nitrogens with two attached hydrogens (primary N) is 1. The first-order valence-electron chi connectivity index (χ1n) is 11.2. The summed E-state index contributed by atoms with van der Waals surface area (Å²) in [6, 6.07) is 17.9. The zero-order chi connectivity index (χ0) is 23.1. The van der Waals surface area contributed by atoms with Gasteiger partial charge in [0, 0.05) is 54.8 Å². The topological polar surface area (TPSA) is 99.4 Å². The molecule has 0 atom stereocenters. The van der Waals surface area contributed by atoms with E-state index < -0.39 is 0 Å². The lowest BCUT2D eigenvalue weighted by Gasteiger charge is -2.29. The zero-order valence-corrected chi connectivity index (χ0v) is 18.8. The van der Waals surface area contributed by atoms with Crippen LogP contribution >= 0.6 is 0 Å². The van der Waals surface area contributed by atoms with Crippen LogP contribution in [0.2, 0.25) is 0 Å². The van der Waals surface area contributed by atoms with Crippen LogP contribution in [0, 0.1) is 6.92 Å². The number of nitrogen functional groups attached to an aromatic ring is 1. The van der Waals surface area contributed by atoms with Crippen LogP contribution in [-0.2, 0) is 4.74 Å². The van der Waals surface area contributed by atoms with Crippen LogP contribution in [0.1, 0.15) is 5.56 Å². The highest BCUT2D eigenvalue weighted by atomic mass is 16.5. The van der Waals surface area contributed by atoms with Crippen LogP contribution in [-0.4, -0.2) is 55.7 Å². The highest BCUT2D eigenvalue weighted by Gasteiger charge is 2.20. The Bertz CT molecular complexity index is 1470. The SMILES string of the molecule is Cc1ccccc1-c1cc(N)n(-c2cc(N3CCOCC3)n3nc(-c4ccncc4)cc3n2)n1. The molecule has 0 aliphatic carbocycles. The summed E-state index contributed by atoms with van der Waals surface area (Å²) >= 11 is 0. The maximum atomic E-state index is 6.43. The van der Waals surface area contributed by atoms with Crippen molar-refractivity contribution in [2.45, 2.75) is 6.92 Å². The Morgan fingerprint density at radius 2 is 1.71 bits per heavy atom. The van der Waals surface area contributed by atoms with E-state index in [0.717, 1.165) is 52.6 Å². The molecule has 1 aliphatic heterocycles. The summed E-state index contributed by atoms with van der Waals surface area (Å²) in [5.74, 6) is 2.10. The highest BCUT2D eigenvalue weighted by Crippen LogP contribution is 2.28. The molecule has 4 aromatic heterocycles. The van der Waals surface area contributed by atoms with Crippen molar-refractivity contribution in [3.05, 3.63) is 72.6 Å². The van der Waals surface area contributed by atoms with Crippen molar-refractivity contribution in [3.8, 4) is 28.3 Å². The summed E-state index contributed by atoms with van der Waals surface area (Å²) in [5.41, 5.74) is 12.0. The van der Waals surface area contributed by atoms with Crippen molar-refractivity contribution in [1.82, 2.24) is 29.4 Å². The molecule has 0 amide bonds.